The molecule has 13 heavy (non-hydrogen) atoms. The Balaban J connectivity index is 2.61. The fourth-order valence-electron chi connectivity index (χ4n) is 0.792. The van der Waals surface area contributed by atoms with E-state index in [1.165, 1.54) is 11.8 Å². The predicted molar refractivity (Wildman–Crippen MR) is 53.7 cm³/mol. The van der Waals surface area contributed by atoms with Gasteiger partial charge in [0.2, 0.25) is 5.91 Å². The Morgan fingerprint density at radius 1 is 1.77 bits per heavy atom. The maximum Gasteiger partial charge on any atom is 0.227 e. The molecule has 1 rings (SSSR count). The summed E-state index contributed by atoms with van der Waals surface area (Å²) in [5.74, 6) is 0.773. The Morgan fingerprint density at radius 2 is 2.54 bits per heavy atom. The van der Waals surface area contributed by atoms with Crippen LogP contribution in [0.5, 0.6) is 0 Å². The highest BCUT2D eigenvalue weighted by Gasteiger charge is 1.98. The number of pyridine rings is 1. The van der Waals surface area contributed by atoms with Gasteiger partial charge in [-0.05, 0) is 12.1 Å². The predicted octanol–water partition coefficient (Wildman–Crippen LogP) is 0.701. The zero-order valence-electron chi connectivity index (χ0n) is 7.28. The number of amides is 1. The van der Waals surface area contributed by atoms with Crippen molar-refractivity contribution in [1.82, 2.24) is 4.98 Å². The Morgan fingerprint density at radius 3 is 3.15 bits per heavy atom. The first kappa shape index (κ1) is 9.85. The molecule has 0 unspecified atom stereocenters. The summed E-state index contributed by atoms with van der Waals surface area (Å²) in [6, 6.07) is 3.71. The van der Waals surface area contributed by atoms with Crippen molar-refractivity contribution < 1.29 is 4.79 Å². The van der Waals surface area contributed by atoms with Crippen molar-refractivity contribution in [3.8, 4) is 0 Å². The third-order valence-electron chi connectivity index (χ3n) is 1.37. The van der Waals surface area contributed by atoms with Crippen LogP contribution in [0.3, 0.4) is 0 Å². The minimum atomic E-state index is -0.312. The third-order valence-corrected chi connectivity index (χ3v) is 2.38. The van der Waals surface area contributed by atoms with Crippen LogP contribution in [-0.4, -0.2) is 23.7 Å². The maximum absolute atomic E-state index is 10.5. The van der Waals surface area contributed by atoms with Crippen LogP contribution in [0.15, 0.2) is 23.2 Å². The van der Waals surface area contributed by atoms with Crippen molar-refractivity contribution in [3.05, 3.63) is 18.3 Å². The smallest absolute Gasteiger partial charge is 0.227 e. The number of thioether (sulfide) groups is 1. The van der Waals surface area contributed by atoms with E-state index in [0.717, 1.165) is 10.7 Å². The topological polar surface area (TPSA) is 68.0 Å². The van der Waals surface area contributed by atoms with Gasteiger partial charge in [0.15, 0.2) is 0 Å². The van der Waals surface area contributed by atoms with E-state index in [1.807, 2.05) is 12.1 Å². The Hall–Kier alpha value is -1.23. The highest BCUT2D eigenvalue weighted by Crippen LogP contribution is 2.18. The number of carbonyl (C=O) groups excluding carboxylic acids is 1. The summed E-state index contributed by atoms with van der Waals surface area (Å²) < 4.78 is 0. The van der Waals surface area contributed by atoms with Crippen molar-refractivity contribution in [2.75, 3.05) is 18.1 Å². The quantitative estimate of drug-likeness (QED) is 0.697. The minimum absolute atomic E-state index is 0.299. The van der Waals surface area contributed by atoms with Crippen LogP contribution < -0.4 is 11.1 Å². The summed E-state index contributed by atoms with van der Waals surface area (Å²) in [6.07, 6.45) is 1.69. The number of carbonyl (C=O) groups is 1. The monoisotopic (exact) mass is 197 g/mol. The lowest BCUT2D eigenvalue weighted by atomic mass is 10.5. The van der Waals surface area contributed by atoms with E-state index in [0.29, 0.717) is 5.75 Å². The standard InChI is InChI=1S/C8H11N3OS/c1-10-8-4-6(2-3-11-8)13-5-7(9)12/h2-4H,5H2,1H3,(H2,9,12)(H,10,11). The van der Waals surface area contributed by atoms with Gasteiger partial charge in [0.25, 0.3) is 0 Å². The lowest BCUT2D eigenvalue weighted by Gasteiger charge is -2.01. The molecule has 0 fully saturated rings. The van der Waals surface area contributed by atoms with Gasteiger partial charge in [-0.1, -0.05) is 0 Å². The van der Waals surface area contributed by atoms with E-state index in [2.05, 4.69) is 10.3 Å². The zero-order chi connectivity index (χ0) is 9.68. The molecule has 0 aliphatic rings. The van der Waals surface area contributed by atoms with Gasteiger partial charge in [-0.25, -0.2) is 4.98 Å². The summed E-state index contributed by atoms with van der Waals surface area (Å²) >= 11 is 1.40. The molecule has 1 aromatic heterocycles. The number of aromatic nitrogens is 1. The van der Waals surface area contributed by atoms with E-state index in [-0.39, 0.29) is 5.91 Å². The maximum atomic E-state index is 10.5. The fourth-order valence-corrected chi connectivity index (χ4v) is 1.45. The van der Waals surface area contributed by atoms with Crippen LogP contribution in [-0.2, 0) is 4.79 Å². The van der Waals surface area contributed by atoms with E-state index in [1.54, 1.807) is 13.2 Å². The van der Waals surface area contributed by atoms with Crippen molar-refractivity contribution in [1.29, 1.82) is 0 Å². The second-order valence-electron chi connectivity index (χ2n) is 2.38. The van der Waals surface area contributed by atoms with E-state index in [9.17, 15) is 4.79 Å². The first-order valence-corrected chi connectivity index (χ1v) is 4.76. The van der Waals surface area contributed by atoms with Gasteiger partial charge in [-0.15, -0.1) is 11.8 Å². The van der Waals surface area contributed by atoms with Crippen LogP contribution in [0.4, 0.5) is 5.82 Å². The van der Waals surface area contributed by atoms with E-state index < -0.39 is 0 Å². The number of rotatable bonds is 4. The van der Waals surface area contributed by atoms with Crippen molar-refractivity contribution in [2.45, 2.75) is 4.90 Å². The fraction of sp³-hybridized carbons (Fsp3) is 0.250. The molecule has 0 aliphatic heterocycles. The number of hydrogen-bond donors (Lipinski definition) is 2. The summed E-state index contributed by atoms with van der Waals surface area (Å²) in [6.45, 7) is 0. The molecule has 1 aromatic rings. The highest BCUT2D eigenvalue weighted by molar-refractivity contribution is 8.00. The second kappa shape index (κ2) is 4.71. The third kappa shape index (κ3) is 3.33. The number of primary amides is 1. The molecular weight excluding hydrogens is 186 g/mol. The van der Waals surface area contributed by atoms with Crippen LogP contribution in [0.25, 0.3) is 0 Å². The molecule has 4 nitrogen and oxygen atoms in total. The molecule has 0 bridgehead atoms. The van der Waals surface area contributed by atoms with Gasteiger partial charge < -0.3 is 11.1 Å². The summed E-state index contributed by atoms with van der Waals surface area (Å²) in [7, 11) is 1.80. The molecule has 0 aliphatic carbocycles. The molecule has 0 saturated carbocycles. The van der Waals surface area contributed by atoms with Crippen molar-refractivity contribution in [2.24, 2.45) is 5.73 Å². The van der Waals surface area contributed by atoms with Gasteiger partial charge in [-0.2, -0.15) is 0 Å². The molecule has 0 atom stereocenters. The van der Waals surface area contributed by atoms with Gasteiger partial charge >= 0.3 is 0 Å². The van der Waals surface area contributed by atoms with Crippen LogP contribution in [0, 0.1) is 0 Å². The number of anilines is 1. The average molecular weight is 197 g/mol. The van der Waals surface area contributed by atoms with E-state index >= 15 is 0 Å². The van der Waals surface area contributed by atoms with Crippen molar-refractivity contribution in [3.63, 3.8) is 0 Å². The average Bonchev–Trinajstić information content (AvgIpc) is 2.15. The molecule has 5 heteroatoms. The first-order valence-electron chi connectivity index (χ1n) is 3.77. The Bertz CT molecular complexity index is 303. The molecule has 1 amide bonds. The second-order valence-corrected chi connectivity index (χ2v) is 3.43. The van der Waals surface area contributed by atoms with Crippen LogP contribution in [0.2, 0.25) is 0 Å². The minimum Gasteiger partial charge on any atom is -0.373 e. The van der Waals surface area contributed by atoms with Crippen LogP contribution in [0.1, 0.15) is 0 Å². The van der Waals surface area contributed by atoms with E-state index in [4.69, 9.17) is 5.73 Å². The largest absolute Gasteiger partial charge is 0.373 e. The number of nitrogens with two attached hydrogens (primary N) is 1. The number of nitrogens with one attached hydrogen (secondary N) is 1. The SMILES string of the molecule is CNc1cc(SCC(N)=O)ccn1. The van der Waals surface area contributed by atoms with Gasteiger partial charge in [0, 0.05) is 18.1 Å². The summed E-state index contributed by atoms with van der Waals surface area (Å²) in [5, 5.41) is 2.91. The lowest BCUT2D eigenvalue weighted by molar-refractivity contribution is -0.115. The molecule has 3 N–H and O–H groups in total. The Labute approximate surface area is 80.9 Å². The zero-order valence-corrected chi connectivity index (χ0v) is 8.10. The molecule has 0 aromatic carbocycles. The summed E-state index contributed by atoms with van der Waals surface area (Å²) in [4.78, 5) is 15.5. The lowest BCUT2D eigenvalue weighted by Crippen LogP contribution is -2.12. The Kier molecular flexibility index (Phi) is 3.57. The van der Waals surface area contributed by atoms with Gasteiger partial charge in [0.1, 0.15) is 5.82 Å². The molecule has 0 radical (unpaired) electrons. The van der Waals surface area contributed by atoms with Gasteiger partial charge in [0.05, 0.1) is 5.75 Å². The normalized spacial score (nSPS) is 9.62. The van der Waals surface area contributed by atoms with Crippen molar-refractivity contribution >= 4 is 23.5 Å². The first-order chi connectivity index (χ1) is 6.22. The number of hydrogen-bond acceptors (Lipinski definition) is 4. The molecule has 0 spiro atoms. The summed E-state index contributed by atoms with van der Waals surface area (Å²) in [5.41, 5.74) is 5.02. The number of nitrogens with zero attached hydrogens (tertiary/aromatic N) is 1. The molecule has 70 valence electrons. The van der Waals surface area contributed by atoms with Gasteiger partial charge in [-0.3, -0.25) is 4.79 Å². The van der Waals surface area contributed by atoms with Crippen LogP contribution >= 0.6 is 11.8 Å². The highest BCUT2D eigenvalue weighted by atomic mass is 32.2. The molecular formula is C8H11N3OS. The molecule has 1 heterocycles. The molecule has 0 saturated heterocycles.